The van der Waals surface area contributed by atoms with E-state index in [0.717, 1.165) is 33.0 Å². The van der Waals surface area contributed by atoms with Crippen LogP contribution < -0.4 is 9.47 Å². The van der Waals surface area contributed by atoms with Gasteiger partial charge in [-0.25, -0.2) is 4.79 Å². The standard InChI is InChI=1S/C36H31NO5/c1-24-16-17-29-22-37(32(36(39)40)21-31(29)33(24)41-23-25-10-4-2-5-11-25)35(38)34(27-13-6-3-7-14-27)42-30-19-18-26-12-8-9-15-28(26)20-30/h2-20,32,34H,21-23H2,1H3,(H,39,40)/t32-,34-/m0/s1. The third kappa shape index (κ3) is 5.56. The van der Waals surface area contributed by atoms with Crippen LogP contribution in [0.25, 0.3) is 10.8 Å². The summed E-state index contributed by atoms with van der Waals surface area (Å²) in [6.45, 7) is 2.46. The predicted octanol–water partition coefficient (Wildman–Crippen LogP) is 6.89. The van der Waals surface area contributed by atoms with E-state index in [9.17, 15) is 14.7 Å². The highest BCUT2D eigenvalue weighted by Crippen LogP contribution is 2.36. The number of carboxylic acid groups (broad SMARTS) is 1. The van der Waals surface area contributed by atoms with Crippen molar-refractivity contribution in [3.63, 3.8) is 0 Å². The molecule has 2 atom stereocenters. The minimum Gasteiger partial charge on any atom is -0.488 e. The number of aryl methyl sites for hydroxylation is 1. The first-order valence-electron chi connectivity index (χ1n) is 14.0. The topological polar surface area (TPSA) is 76.1 Å². The van der Waals surface area contributed by atoms with Crippen molar-refractivity contribution in [2.24, 2.45) is 0 Å². The van der Waals surface area contributed by atoms with Crippen LogP contribution in [-0.2, 0) is 29.2 Å². The second kappa shape index (κ2) is 11.8. The average Bonchev–Trinajstić information content (AvgIpc) is 3.03. The normalized spacial score (nSPS) is 15.1. The molecule has 1 heterocycles. The van der Waals surface area contributed by atoms with Crippen molar-refractivity contribution in [3.8, 4) is 11.5 Å². The van der Waals surface area contributed by atoms with Crippen LogP contribution in [-0.4, -0.2) is 27.9 Å². The van der Waals surface area contributed by atoms with Crippen LogP contribution in [0.1, 0.15) is 33.9 Å². The first-order valence-corrected chi connectivity index (χ1v) is 14.0. The van der Waals surface area contributed by atoms with Crippen molar-refractivity contribution in [2.75, 3.05) is 0 Å². The van der Waals surface area contributed by atoms with Gasteiger partial charge in [-0.1, -0.05) is 103 Å². The minimum absolute atomic E-state index is 0.136. The molecular weight excluding hydrogens is 526 g/mol. The maximum absolute atomic E-state index is 14.3. The Labute approximate surface area is 244 Å². The predicted molar refractivity (Wildman–Crippen MR) is 161 cm³/mol. The van der Waals surface area contributed by atoms with Crippen LogP contribution in [0.3, 0.4) is 0 Å². The Morgan fingerprint density at radius 2 is 1.55 bits per heavy atom. The Morgan fingerprint density at radius 1 is 0.857 bits per heavy atom. The summed E-state index contributed by atoms with van der Waals surface area (Å²) in [7, 11) is 0. The van der Waals surface area contributed by atoms with E-state index in [1.54, 1.807) is 0 Å². The molecule has 6 nitrogen and oxygen atoms in total. The molecule has 1 aliphatic heterocycles. The molecule has 0 bridgehead atoms. The molecule has 0 saturated heterocycles. The molecule has 5 aromatic carbocycles. The molecule has 6 rings (SSSR count). The summed E-state index contributed by atoms with van der Waals surface area (Å²) in [6, 6.07) is 35.5. The van der Waals surface area contributed by atoms with Gasteiger partial charge in [0.05, 0.1) is 0 Å². The highest BCUT2D eigenvalue weighted by atomic mass is 16.5. The first-order chi connectivity index (χ1) is 20.5. The van der Waals surface area contributed by atoms with Crippen LogP contribution in [0.15, 0.2) is 115 Å². The van der Waals surface area contributed by atoms with Gasteiger partial charge in [0.25, 0.3) is 5.91 Å². The molecule has 0 aliphatic carbocycles. The largest absolute Gasteiger partial charge is 0.488 e. The molecule has 210 valence electrons. The highest BCUT2D eigenvalue weighted by Gasteiger charge is 2.40. The summed E-state index contributed by atoms with van der Waals surface area (Å²) >= 11 is 0. The summed E-state index contributed by atoms with van der Waals surface area (Å²) in [6.07, 6.45) is -0.880. The number of carbonyl (C=O) groups is 2. The Kier molecular flexibility index (Phi) is 7.60. The summed E-state index contributed by atoms with van der Waals surface area (Å²) in [5.74, 6) is -0.254. The lowest BCUT2D eigenvalue weighted by atomic mass is 9.90. The Bertz CT molecular complexity index is 1730. The second-order valence-corrected chi connectivity index (χ2v) is 10.6. The first kappa shape index (κ1) is 27.1. The Morgan fingerprint density at radius 3 is 2.29 bits per heavy atom. The highest BCUT2D eigenvalue weighted by molar-refractivity contribution is 5.89. The van der Waals surface area contributed by atoms with E-state index in [1.165, 1.54) is 4.90 Å². The fraction of sp³-hybridized carbons (Fsp3) is 0.167. The van der Waals surface area contributed by atoms with Crippen LogP contribution >= 0.6 is 0 Å². The van der Waals surface area contributed by atoms with Gasteiger partial charge in [-0.2, -0.15) is 0 Å². The number of nitrogens with zero attached hydrogens (tertiary/aromatic N) is 1. The summed E-state index contributed by atoms with van der Waals surface area (Å²) < 4.78 is 12.6. The molecule has 1 N–H and O–H groups in total. The van der Waals surface area contributed by atoms with Gasteiger partial charge in [-0.3, -0.25) is 4.79 Å². The van der Waals surface area contributed by atoms with E-state index in [-0.39, 0.29) is 13.0 Å². The van der Waals surface area contributed by atoms with Crippen molar-refractivity contribution in [2.45, 2.75) is 38.6 Å². The third-order valence-electron chi connectivity index (χ3n) is 7.76. The maximum Gasteiger partial charge on any atom is 0.326 e. The average molecular weight is 558 g/mol. The number of carbonyl (C=O) groups excluding carboxylic acids is 1. The molecule has 6 heteroatoms. The van der Waals surface area contributed by atoms with Crippen LogP contribution in [0.5, 0.6) is 11.5 Å². The number of aliphatic carboxylic acids is 1. The quantitative estimate of drug-likeness (QED) is 0.225. The van der Waals surface area contributed by atoms with Crippen molar-refractivity contribution < 1.29 is 24.2 Å². The van der Waals surface area contributed by atoms with E-state index in [4.69, 9.17) is 9.47 Å². The van der Waals surface area contributed by atoms with Gasteiger partial charge < -0.3 is 19.5 Å². The molecular formula is C36H31NO5. The lowest BCUT2D eigenvalue weighted by molar-refractivity contribution is -0.155. The molecule has 0 unspecified atom stereocenters. The van der Waals surface area contributed by atoms with Crippen LogP contribution in [0.2, 0.25) is 0 Å². The van der Waals surface area contributed by atoms with Gasteiger partial charge in [0.2, 0.25) is 6.10 Å². The molecule has 0 saturated carbocycles. The lowest BCUT2D eigenvalue weighted by Gasteiger charge is -2.37. The van der Waals surface area contributed by atoms with Crippen molar-refractivity contribution in [1.82, 2.24) is 4.90 Å². The van der Waals surface area contributed by atoms with E-state index in [0.29, 0.717) is 23.7 Å². The van der Waals surface area contributed by atoms with Crippen molar-refractivity contribution >= 4 is 22.6 Å². The number of fused-ring (bicyclic) bond motifs is 2. The van der Waals surface area contributed by atoms with E-state index in [1.807, 2.05) is 122 Å². The Hall–Kier alpha value is -5.10. The summed E-state index contributed by atoms with van der Waals surface area (Å²) in [5, 5.41) is 12.4. The zero-order chi connectivity index (χ0) is 29.1. The fourth-order valence-electron chi connectivity index (χ4n) is 5.55. The van der Waals surface area contributed by atoms with Gasteiger partial charge in [0.1, 0.15) is 24.1 Å². The van der Waals surface area contributed by atoms with Gasteiger partial charge in [-0.15, -0.1) is 0 Å². The molecule has 0 radical (unpaired) electrons. The molecule has 0 aromatic heterocycles. The third-order valence-corrected chi connectivity index (χ3v) is 7.76. The number of rotatable bonds is 8. The second-order valence-electron chi connectivity index (χ2n) is 10.6. The molecule has 0 fully saturated rings. The smallest absolute Gasteiger partial charge is 0.326 e. The number of hydrogen-bond acceptors (Lipinski definition) is 4. The molecule has 5 aromatic rings. The summed E-state index contributed by atoms with van der Waals surface area (Å²) in [5.41, 5.74) is 4.30. The molecule has 1 aliphatic rings. The van der Waals surface area contributed by atoms with E-state index < -0.39 is 24.0 Å². The Balaban J connectivity index is 1.33. The van der Waals surface area contributed by atoms with Crippen molar-refractivity contribution in [3.05, 3.63) is 143 Å². The summed E-state index contributed by atoms with van der Waals surface area (Å²) in [4.78, 5) is 28.3. The zero-order valence-electron chi connectivity index (χ0n) is 23.3. The molecule has 1 amide bonds. The maximum atomic E-state index is 14.3. The van der Waals surface area contributed by atoms with Gasteiger partial charge in [0, 0.05) is 24.1 Å². The number of hydrogen-bond donors (Lipinski definition) is 1. The zero-order valence-corrected chi connectivity index (χ0v) is 23.3. The van der Waals surface area contributed by atoms with Crippen LogP contribution in [0.4, 0.5) is 0 Å². The van der Waals surface area contributed by atoms with Crippen molar-refractivity contribution in [1.29, 1.82) is 0 Å². The number of amides is 1. The van der Waals surface area contributed by atoms with Gasteiger partial charge >= 0.3 is 5.97 Å². The van der Waals surface area contributed by atoms with Gasteiger partial charge in [0.15, 0.2) is 0 Å². The van der Waals surface area contributed by atoms with E-state index >= 15 is 0 Å². The SMILES string of the molecule is Cc1ccc2c(c1OCc1ccccc1)C[C@@H](C(=O)O)N(C(=O)[C@@H](Oc1ccc3ccccc3c1)c1ccccc1)C2. The fourth-order valence-corrected chi connectivity index (χ4v) is 5.55. The van der Waals surface area contributed by atoms with Gasteiger partial charge in [-0.05, 0) is 46.5 Å². The van der Waals surface area contributed by atoms with E-state index in [2.05, 4.69) is 0 Å². The number of ether oxygens (including phenoxy) is 2. The lowest BCUT2D eigenvalue weighted by Crippen LogP contribution is -2.51. The molecule has 42 heavy (non-hydrogen) atoms. The molecule has 0 spiro atoms. The minimum atomic E-state index is -1.07. The number of benzene rings is 5. The van der Waals surface area contributed by atoms with Crippen LogP contribution in [0, 0.1) is 6.92 Å². The monoisotopic (exact) mass is 557 g/mol. The number of carboxylic acids is 1.